The predicted molar refractivity (Wildman–Crippen MR) is 141 cm³/mol. The Kier molecular flexibility index (Phi) is 13.1. The lowest BCUT2D eigenvalue weighted by Crippen LogP contribution is -2.66. The van der Waals surface area contributed by atoms with Crippen molar-refractivity contribution in [1.29, 1.82) is 0 Å². The standard InChI is InChI=1S/C26H38N4O11/c1-13(24(37)30-17(23(27)36)9-10-19(33)34)28-25(38)14(2)40-22-20(29-15(3)32)26(41-18(11-31)21(22)35)39-12-16-7-5-4-6-8-16/h4-8,13-14,17-18,20-22,26,31,35H,9-12H2,1-3H3,(H2,27,36)(H,28,38)(H,29,32)(H,30,37)(H,33,34). The molecule has 15 nitrogen and oxygen atoms in total. The number of aliphatic carboxylic acids is 1. The first kappa shape index (κ1) is 33.6. The lowest BCUT2D eigenvalue weighted by Gasteiger charge is -2.44. The van der Waals surface area contributed by atoms with Gasteiger partial charge < -0.3 is 51.2 Å². The molecule has 1 saturated heterocycles. The van der Waals surface area contributed by atoms with Gasteiger partial charge in [0.25, 0.3) is 0 Å². The minimum absolute atomic E-state index is 0.0734. The van der Waals surface area contributed by atoms with E-state index in [0.717, 1.165) is 5.56 Å². The Bertz CT molecular complexity index is 1060. The summed E-state index contributed by atoms with van der Waals surface area (Å²) in [6.45, 7) is 3.37. The quantitative estimate of drug-likeness (QED) is 0.118. The molecule has 41 heavy (non-hydrogen) atoms. The summed E-state index contributed by atoms with van der Waals surface area (Å²) in [5.41, 5.74) is 6.02. The fraction of sp³-hybridized carbons (Fsp3) is 0.577. The molecule has 1 aliphatic rings. The Labute approximate surface area is 236 Å². The van der Waals surface area contributed by atoms with Crippen molar-refractivity contribution in [1.82, 2.24) is 16.0 Å². The summed E-state index contributed by atoms with van der Waals surface area (Å²) in [5, 5.41) is 36.8. The van der Waals surface area contributed by atoms with Gasteiger partial charge in [0.15, 0.2) is 6.29 Å². The maximum Gasteiger partial charge on any atom is 0.303 e. The number of nitrogens with two attached hydrogens (primary N) is 1. The summed E-state index contributed by atoms with van der Waals surface area (Å²) in [6.07, 6.45) is -7.01. The average Bonchev–Trinajstić information content (AvgIpc) is 2.92. The topological polar surface area (TPSA) is 236 Å². The van der Waals surface area contributed by atoms with Crippen LogP contribution in [0.3, 0.4) is 0 Å². The smallest absolute Gasteiger partial charge is 0.303 e. The first-order valence-electron chi connectivity index (χ1n) is 13.0. The highest BCUT2D eigenvalue weighted by Crippen LogP contribution is 2.26. The third kappa shape index (κ3) is 10.4. The van der Waals surface area contributed by atoms with Crippen molar-refractivity contribution in [2.24, 2.45) is 5.73 Å². The third-order valence-electron chi connectivity index (χ3n) is 6.27. The SMILES string of the molecule is CC(=O)NC1C(OCc2ccccc2)OC(CO)C(O)C1OC(C)C(=O)NC(C)C(=O)NC(CCC(=O)O)C(N)=O. The van der Waals surface area contributed by atoms with Gasteiger partial charge in [0.2, 0.25) is 23.6 Å². The summed E-state index contributed by atoms with van der Waals surface area (Å²) < 4.78 is 17.4. The molecule has 1 aromatic carbocycles. The minimum atomic E-state index is -1.48. The molecule has 8 N–H and O–H groups in total. The van der Waals surface area contributed by atoms with Crippen LogP contribution in [0.4, 0.5) is 0 Å². The number of aliphatic hydroxyl groups is 2. The van der Waals surface area contributed by atoms with E-state index >= 15 is 0 Å². The summed E-state index contributed by atoms with van der Waals surface area (Å²) in [4.78, 5) is 59.8. The van der Waals surface area contributed by atoms with Crippen LogP contribution < -0.4 is 21.7 Å². The fourth-order valence-electron chi connectivity index (χ4n) is 4.06. The number of aliphatic hydroxyl groups excluding tert-OH is 2. The fourth-order valence-corrected chi connectivity index (χ4v) is 4.06. The van der Waals surface area contributed by atoms with Crippen LogP contribution >= 0.6 is 0 Å². The largest absolute Gasteiger partial charge is 0.481 e. The predicted octanol–water partition coefficient (Wildman–Crippen LogP) is -2.10. The second kappa shape index (κ2) is 16.0. The van der Waals surface area contributed by atoms with Crippen LogP contribution in [0.15, 0.2) is 30.3 Å². The van der Waals surface area contributed by atoms with E-state index in [1.165, 1.54) is 20.8 Å². The van der Waals surface area contributed by atoms with Crippen LogP contribution in [0.25, 0.3) is 0 Å². The Morgan fingerprint density at radius 2 is 1.73 bits per heavy atom. The highest BCUT2D eigenvalue weighted by Gasteiger charge is 2.48. The van der Waals surface area contributed by atoms with Gasteiger partial charge in [-0.2, -0.15) is 0 Å². The number of carbonyl (C=O) groups is 5. The Morgan fingerprint density at radius 1 is 1.07 bits per heavy atom. The zero-order valence-corrected chi connectivity index (χ0v) is 23.0. The number of carboxylic acids is 1. The maximum absolute atomic E-state index is 12.9. The van der Waals surface area contributed by atoms with Crippen molar-refractivity contribution < 1.29 is 53.5 Å². The number of carbonyl (C=O) groups excluding carboxylic acids is 4. The molecule has 1 heterocycles. The number of hydrogen-bond donors (Lipinski definition) is 7. The van der Waals surface area contributed by atoms with Crippen molar-refractivity contribution in [2.45, 2.75) is 89.1 Å². The molecule has 0 spiro atoms. The van der Waals surface area contributed by atoms with Gasteiger partial charge in [-0.05, 0) is 25.8 Å². The van der Waals surface area contributed by atoms with E-state index in [0.29, 0.717) is 0 Å². The first-order chi connectivity index (χ1) is 19.3. The van der Waals surface area contributed by atoms with E-state index in [1.54, 1.807) is 0 Å². The zero-order valence-electron chi connectivity index (χ0n) is 23.0. The van der Waals surface area contributed by atoms with Crippen LogP contribution in [0.2, 0.25) is 0 Å². The molecule has 0 aliphatic carbocycles. The van der Waals surface area contributed by atoms with E-state index in [1.807, 2.05) is 30.3 Å². The maximum atomic E-state index is 12.9. The van der Waals surface area contributed by atoms with Gasteiger partial charge in [-0.3, -0.25) is 24.0 Å². The third-order valence-corrected chi connectivity index (χ3v) is 6.27. The molecule has 0 radical (unpaired) electrons. The van der Waals surface area contributed by atoms with Crippen LogP contribution in [0, 0.1) is 0 Å². The Balaban J connectivity index is 2.10. The van der Waals surface area contributed by atoms with E-state index in [2.05, 4.69) is 16.0 Å². The molecule has 15 heteroatoms. The molecule has 0 saturated carbocycles. The van der Waals surface area contributed by atoms with Gasteiger partial charge in [0, 0.05) is 13.3 Å². The number of primary amides is 1. The number of nitrogens with one attached hydrogen (secondary N) is 3. The second-order valence-electron chi connectivity index (χ2n) is 9.61. The van der Waals surface area contributed by atoms with Gasteiger partial charge in [0.1, 0.15) is 42.5 Å². The number of amides is 4. The molecule has 1 aromatic rings. The molecular weight excluding hydrogens is 544 g/mol. The van der Waals surface area contributed by atoms with Crippen LogP contribution in [0.1, 0.15) is 39.2 Å². The van der Waals surface area contributed by atoms with E-state index < -0.39 is 91.5 Å². The van der Waals surface area contributed by atoms with Crippen LogP contribution in [-0.4, -0.2) is 100 Å². The molecule has 8 unspecified atom stereocenters. The van der Waals surface area contributed by atoms with Crippen LogP contribution in [-0.2, 0) is 44.8 Å². The summed E-state index contributed by atoms with van der Waals surface area (Å²) in [5.74, 6) is -4.19. The second-order valence-corrected chi connectivity index (χ2v) is 9.61. The van der Waals surface area contributed by atoms with Crippen LogP contribution in [0.5, 0.6) is 0 Å². The minimum Gasteiger partial charge on any atom is -0.481 e. The van der Waals surface area contributed by atoms with Crippen molar-refractivity contribution in [3.8, 4) is 0 Å². The Morgan fingerprint density at radius 3 is 2.29 bits per heavy atom. The van der Waals surface area contributed by atoms with E-state index in [-0.39, 0.29) is 13.0 Å². The molecule has 1 fully saturated rings. The molecule has 4 amide bonds. The summed E-state index contributed by atoms with van der Waals surface area (Å²) >= 11 is 0. The normalized spacial score (nSPS) is 24.4. The number of rotatable bonds is 15. The number of benzene rings is 1. The van der Waals surface area contributed by atoms with E-state index in [4.69, 9.17) is 25.1 Å². The number of ether oxygens (including phenoxy) is 3. The molecule has 0 bridgehead atoms. The van der Waals surface area contributed by atoms with Gasteiger partial charge in [-0.15, -0.1) is 0 Å². The summed E-state index contributed by atoms with van der Waals surface area (Å²) in [6, 6.07) is 5.54. The van der Waals surface area contributed by atoms with Gasteiger partial charge in [-0.25, -0.2) is 0 Å². The van der Waals surface area contributed by atoms with Crippen molar-refractivity contribution in [3.63, 3.8) is 0 Å². The molecule has 8 atom stereocenters. The number of hydrogen-bond acceptors (Lipinski definition) is 10. The zero-order chi connectivity index (χ0) is 30.7. The van der Waals surface area contributed by atoms with Gasteiger partial charge in [-0.1, -0.05) is 30.3 Å². The first-order valence-corrected chi connectivity index (χ1v) is 13.0. The molecular formula is C26H38N4O11. The average molecular weight is 583 g/mol. The van der Waals surface area contributed by atoms with E-state index in [9.17, 15) is 34.2 Å². The highest BCUT2D eigenvalue weighted by molar-refractivity contribution is 5.92. The molecule has 1 aliphatic heterocycles. The highest BCUT2D eigenvalue weighted by atomic mass is 16.7. The molecule has 228 valence electrons. The van der Waals surface area contributed by atoms with Crippen molar-refractivity contribution >= 4 is 29.6 Å². The van der Waals surface area contributed by atoms with Gasteiger partial charge >= 0.3 is 5.97 Å². The lowest BCUT2D eigenvalue weighted by atomic mass is 9.96. The van der Waals surface area contributed by atoms with Crippen molar-refractivity contribution in [3.05, 3.63) is 35.9 Å². The van der Waals surface area contributed by atoms with Crippen molar-refractivity contribution in [2.75, 3.05) is 6.61 Å². The monoisotopic (exact) mass is 582 g/mol. The molecule has 0 aromatic heterocycles. The van der Waals surface area contributed by atoms with Gasteiger partial charge in [0.05, 0.1) is 13.2 Å². The Hall–Kier alpha value is -3.63. The lowest BCUT2D eigenvalue weighted by molar-refractivity contribution is -0.283. The molecule has 2 rings (SSSR count). The summed E-state index contributed by atoms with van der Waals surface area (Å²) in [7, 11) is 0. The number of carboxylic acid groups (broad SMARTS) is 1.